The fourth-order valence-corrected chi connectivity index (χ4v) is 2.21. The SMILES string of the molecule is C=CC(=O)OC12CCCC1CC(=O)O2. The summed E-state index contributed by atoms with van der Waals surface area (Å²) in [5, 5.41) is 0. The minimum atomic E-state index is -0.970. The minimum Gasteiger partial charge on any atom is -0.422 e. The van der Waals surface area contributed by atoms with Crippen LogP contribution >= 0.6 is 0 Å². The molecule has 0 radical (unpaired) electrons. The molecule has 2 aliphatic rings. The number of hydrogen-bond donors (Lipinski definition) is 0. The van der Waals surface area contributed by atoms with Gasteiger partial charge in [-0.2, -0.15) is 0 Å². The standard InChI is InChI=1S/C10H12O4/c1-2-8(11)13-10-5-3-4-7(10)6-9(12)14-10/h2,7H,1,3-6H2. The van der Waals surface area contributed by atoms with Crippen LogP contribution < -0.4 is 0 Å². The van der Waals surface area contributed by atoms with Crippen molar-refractivity contribution >= 4 is 11.9 Å². The lowest BCUT2D eigenvalue weighted by Crippen LogP contribution is -2.36. The predicted molar refractivity (Wildman–Crippen MR) is 47.1 cm³/mol. The van der Waals surface area contributed by atoms with Crippen molar-refractivity contribution in [2.75, 3.05) is 0 Å². The zero-order chi connectivity index (χ0) is 10.2. The summed E-state index contributed by atoms with van der Waals surface area (Å²) >= 11 is 0. The first-order valence-electron chi connectivity index (χ1n) is 4.73. The monoisotopic (exact) mass is 196 g/mol. The van der Waals surface area contributed by atoms with Crippen molar-refractivity contribution in [2.24, 2.45) is 5.92 Å². The van der Waals surface area contributed by atoms with Crippen LogP contribution in [0.15, 0.2) is 12.7 Å². The Hall–Kier alpha value is -1.32. The Morgan fingerprint density at radius 1 is 1.71 bits per heavy atom. The van der Waals surface area contributed by atoms with Gasteiger partial charge in [-0.15, -0.1) is 0 Å². The van der Waals surface area contributed by atoms with E-state index in [0.29, 0.717) is 12.8 Å². The molecule has 0 N–H and O–H groups in total. The predicted octanol–water partition coefficient (Wildman–Crippen LogP) is 1.16. The van der Waals surface area contributed by atoms with E-state index >= 15 is 0 Å². The van der Waals surface area contributed by atoms with E-state index in [1.54, 1.807) is 0 Å². The van der Waals surface area contributed by atoms with Crippen LogP contribution in [0.2, 0.25) is 0 Å². The van der Waals surface area contributed by atoms with Crippen molar-refractivity contribution in [3.63, 3.8) is 0 Å². The fourth-order valence-electron chi connectivity index (χ4n) is 2.21. The number of esters is 2. The number of carbonyl (C=O) groups is 2. The van der Waals surface area contributed by atoms with E-state index in [9.17, 15) is 9.59 Å². The van der Waals surface area contributed by atoms with Crippen molar-refractivity contribution in [3.05, 3.63) is 12.7 Å². The Bertz CT molecular complexity index is 296. The van der Waals surface area contributed by atoms with Crippen molar-refractivity contribution in [3.8, 4) is 0 Å². The zero-order valence-corrected chi connectivity index (χ0v) is 7.82. The van der Waals surface area contributed by atoms with Gasteiger partial charge < -0.3 is 9.47 Å². The Morgan fingerprint density at radius 2 is 2.50 bits per heavy atom. The maximum absolute atomic E-state index is 11.1. The number of fused-ring (bicyclic) bond motifs is 1. The minimum absolute atomic E-state index is 0.0406. The van der Waals surface area contributed by atoms with Gasteiger partial charge in [-0.1, -0.05) is 6.58 Å². The molecule has 4 nitrogen and oxygen atoms in total. The number of rotatable bonds is 2. The van der Waals surface area contributed by atoms with Gasteiger partial charge in [-0.05, 0) is 12.8 Å². The fraction of sp³-hybridized carbons (Fsp3) is 0.600. The number of ether oxygens (including phenoxy) is 2. The molecule has 1 aliphatic carbocycles. The van der Waals surface area contributed by atoms with Crippen molar-refractivity contribution < 1.29 is 19.1 Å². The molecule has 76 valence electrons. The summed E-state index contributed by atoms with van der Waals surface area (Å²) in [6.07, 6.45) is 3.89. The second-order valence-corrected chi connectivity index (χ2v) is 3.70. The van der Waals surface area contributed by atoms with Crippen molar-refractivity contribution in [2.45, 2.75) is 31.5 Å². The number of carbonyl (C=O) groups excluding carboxylic acids is 2. The van der Waals surface area contributed by atoms with E-state index in [0.717, 1.165) is 18.9 Å². The molecule has 2 fully saturated rings. The normalized spacial score (nSPS) is 34.9. The third-order valence-electron chi connectivity index (χ3n) is 2.84. The molecule has 0 aromatic rings. The van der Waals surface area contributed by atoms with Crippen LogP contribution in [0.25, 0.3) is 0 Å². The van der Waals surface area contributed by atoms with E-state index in [-0.39, 0.29) is 11.9 Å². The summed E-state index contributed by atoms with van der Waals surface area (Å²) in [6, 6.07) is 0. The van der Waals surface area contributed by atoms with E-state index in [2.05, 4.69) is 6.58 Å². The molecule has 14 heavy (non-hydrogen) atoms. The molecule has 0 aromatic heterocycles. The average molecular weight is 196 g/mol. The molecule has 1 aliphatic heterocycles. The van der Waals surface area contributed by atoms with Crippen LogP contribution in [0.3, 0.4) is 0 Å². The van der Waals surface area contributed by atoms with Gasteiger partial charge in [0, 0.05) is 18.4 Å². The van der Waals surface area contributed by atoms with Crippen LogP contribution in [-0.4, -0.2) is 17.7 Å². The van der Waals surface area contributed by atoms with Crippen LogP contribution in [-0.2, 0) is 19.1 Å². The molecule has 0 aromatic carbocycles. The molecule has 0 amide bonds. The van der Waals surface area contributed by atoms with Gasteiger partial charge in [0.1, 0.15) is 0 Å². The second kappa shape index (κ2) is 3.12. The molecular formula is C10H12O4. The van der Waals surface area contributed by atoms with Gasteiger partial charge in [-0.25, -0.2) is 4.79 Å². The average Bonchev–Trinajstić information content (AvgIpc) is 2.59. The molecule has 1 heterocycles. The molecule has 0 bridgehead atoms. The summed E-state index contributed by atoms with van der Waals surface area (Å²) in [5.74, 6) is -1.72. The molecular weight excluding hydrogens is 184 g/mol. The highest BCUT2D eigenvalue weighted by Gasteiger charge is 2.55. The first-order chi connectivity index (χ1) is 6.66. The first-order valence-corrected chi connectivity index (χ1v) is 4.73. The van der Waals surface area contributed by atoms with Crippen LogP contribution in [0, 0.1) is 5.92 Å². The van der Waals surface area contributed by atoms with Gasteiger partial charge in [0.05, 0.1) is 6.42 Å². The van der Waals surface area contributed by atoms with E-state index in [4.69, 9.17) is 9.47 Å². The molecule has 0 spiro atoms. The van der Waals surface area contributed by atoms with E-state index < -0.39 is 11.8 Å². The van der Waals surface area contributed by atoms with Gasteiger partial charge in [0.2, 0.25) is 0 Å². The first kappa shape index (κ1) is 9.24. The summed E-state index contributed by atoms with van der Waals surface area (Å²) in [5.41, 5.74) is 0. The van der Waals surface area contributed by atoms with Crippen LogP contribution in [0.5, 0.6) is 0 Å². The molecule has 1 saturated heterocycles. The van der Waals surface area contributed by atoms with Gasteiger partial charge in [0.25, 0.3) is 5.79 Å². The third kappa shape index (κ3) is 1.31. The lowest BCUT2D eigenvalue weighted by Gasteiger charge is -2.26. The van der Waals surface area contributed by atoms with E-state index in [1.807, 2.05) is 0 Å². The highest BCUT2D eigenvalue weighted by molar-refractivity contribution is 5.82. The summed E-state index contributed by atoms with van der Waals surface area (Å²) in [6.45, 7) is 3.32. The van der Waals surface area contributed by atoms with Gasteiger partial charge in [0.15, 0.2) is 0 Å². The molecule has 1 saturated carbocycles. The van der Waals surface area contributed by atoms with Gasteiger partial charge in [-0.3, -0.25) is 4.79 Å². The Balaban J connectivity index is 2.15. The Kier molecular flexibility index (Phi) is 2.06. The lowest BCUT2D eigenvalue weighted by atomic mass is 10.0. The highest BCUT2D eigenvalue weighted by atomic mass is 16.7. The lowest BCUT2D eigenvalue weighted by molar-refractivity contribution is -0.216. The quantitative estimate of drug-likeness (QED) is 0.491. The summed E-state index contributed by atoms with van der Waals surface area (Å²) in [4.78, 5) is 22.2. The van der Waals surface area contributed by atoms with Crippen molar-refractivity contribution in [1.29, 1.82) is 0 Å². The Morgan fingerprint density at radius 3 is 3.21 bits per heavy atom. The topological polar surface area (TPSA) is 52.6 Å². The summed E-state index contributed by atoms with van der Waals surface area (Å²) in [7, 11) is 0. The van der Waals surface area contributed by atoms with Gasteiger partial charge >= 0.3 is 11.9 Å². The summed E-state index contributed by atoms with van der Waals surface area (Å²) < 4.78 is 10.3. The Labute approximate surface area is 81.9 Å². The molecule has 4 heteroatoms. The van der Waals surface area contributed by atoms with Crippen molar-refractivity contribution in [1.82, 2.24) is 0 Å². The van der Waals surface area contributed by atoms with E-state index in [1.165, 1.54) is 0 Å². The maximum atomic E-state index is 11.1. The number of hydrogen-bond acceptors (Lipinski definition) is 4. The largest absolute Gasteiger partial charge is 0.422 e. The zero-order valence-electron chi connectivity index (χ0n) is 7.82. The highest BCUT2D eigenvalue weighted by Crippen LogP contribution is 2.46. The smallest absolute Gasteiger partial charge is 0.333 e. The second-order valence-electron chi connectivity index (χ2n) is 3.70. The van der Waals surface area contributed by atoms with Crippen LogP contribution in [0.4, 0.5) is 0 Å². The molecule has 2 atom stereocenters. The maximum Gasteiger partial charge on any atom is 0.333 e. The molecule has 2 unspecified atom stereocenters. The van der Waals surface area contributed by atoms with Crippen LogP contribution in [0.1, 0.15) is 25.7 Å². The molecule has 2 rings (SSSR count). The third-order valence-corrected chi connectivity index (χ3v) is 2.84.